The number of hydrogen-bond donors (Lipinski definition) is 1. The van der Waals surface area contributed by atoms with Gasteiger partial charge in [0.1, 0.15) is 23.7 Å². The lowest BCUT2D eigenvalue weighted by Crippen LogP contribution is -2.54. The number of para-hydroxylation sites is 1. The average molecular weight is 496 g/mol. The van der Waals surface area contributed by atoms with Gasteiger partial charge in [-0.05, 0) is 55.5 Å². The SMILES string of the molecule is COc1ccc(OCCn2cc(C=C3C(=O)NC(=O)N(c4ccc(C)cc4)C3=O)c3ccccc32)cc1. The molecule has 0 atom stereocenters. The van der Waals surface area contributed by atoms with Crippen LogP contribution in [0, 0.1) is 6.92 Å². The Balaban J connectivity index is 1.42. The molecule has 1 saturated heterocycles. The molecular weight excluding hydrogens is 470 g/mol. The number of urea groups is 1. The zero-order valence-electron chi connectivity index (χ0n) is 20.4. The molecule has 8 heteroatoms. The first-order chi connectivity index (χ1) is 17.9. The molecule has 37 heavy (non-hydrogen) atoms. The Morgan fingerprint density at radius 2 is 1.59 bits per heavy atom. The molecule has 1 fully saturated rings. The van der Waals surface area contributed by atoms with Gasteiger partial charge in [-0.2, -0.15) is 0 Å². The van der Waals surface area contributed by atoms with E-state index in [0.717, 1.165) is 32.9 Å². The Morgan fingerprint density at radius 3 is 2.32 bits per heavy atom. The molecule has 0 radical (unpaired) electrons. The number of imide groups is 2. The van der Waals surface area contributed by atoms with Crippen LogP contribution in [0.25, 0.3) is 17.0 Å². The lowest BCUT2D eigenvalue weighted by molar-refractivity contribution is -0.122. The van der Waals surface area contributed by atoms with E-state index in [4.69, 9.17) is 9.47 Å². The molecule has 4 aromatic rings. The standard InChI is InChI=1S/C29H25N3O5/c1-19-7-9-21(10-8-19)32-28(34)25(27(33)30-29(32)35)17-20-18-31(26-6-4-3-5-24(20)26)15-16-37-23-13-11-22(36-2)12-14-23/h3-14,17-18H,15-16H2,1-2H3,(H,30,33,35). The topological polar surface area (TPSA) is 89.9 Å². The van der Waals surface area contributed by atoms with Gasteiger partial charge in [-0.15, -0.1) is 0 Å². The molecule has 0 saturated carbocycles. The number of amides is 4. The molecule has 4 amide bonds. The molecule has 0 aliphatic carbocycles. The molecule has 5 rings (SSSR count). The van der Waals surface area contributed by atoms with Gasteiger partial charge in [-0.25, -0.2) is 9.69 Å². The van der Waals surface area contributed by atoms with Gasteiger partial charge in [-0.1, -0.05) is 35.9 Å². The van der Waals surface area contributed by atoms with Crippen molar-refractivity contribution in [2.24, 2.45) is 0 Å². The fourth-order valence-corrected chi connectivity index (χ4v) is 4.25. The van der Waals surface area contributed by atoms with Gasteiger partial charge in [-0.3, -0.25) is 14.9 Å². The Morgan fingerprint density at radius 1 is 0.892 bits per heavy atom. The van der Waals surface area contributed by atoms with Crippen molar-refractivity contribution < 1.29 is 23.9 Å². The number of aryl methyl sites for hydroxylation is 1. The van der Waals surface area contributed by atoms with Crippen LogP contribution in [0.5, 0.6) is 11.5 Å². The maximum Gasteiger partial charge on any atom is 0.335 e. The van der Waals surface area contributed by atoms with Crippen LogP contribution in [0.1, 0.15) is 11.1 Å². The smallest absolute Gasteiger partial charge is 0.335 e. The number of rotatable bonds is 7. The summed E-state index contributed by atoms with van der Waals surface area (Å²) in [5, 5.41) is 3.16. The lowest BCUT2D eigenvalue weighted by Gasteiger charge is -2.26. The molecule has 1 aromatic heterocycles. The number of aromatic nitrogens is 1. The van der Waals surface area contributed by atoms with Gasteiger partial charge in [0.25, 0.3) is 11.8 Å². The number of ether oxygens (including phenoxy) is 2. The van der Waals surface area contributed by atoms with Crippen molar-refractivity contribution in [2.75, 3.05) is 18.6 Å². The minimum Gasteiger partial charge on any atom is -0.497 e. The molecule has 2 heterocycles. The van der Waals surface area contributed by atoms with E-state index in [-0.39, 0.29) is 5.57 Å². The second-order valence-corrected chi connectivity index (χ2v) is 8.61. The molecule has 1 N–H and O–H groups in total. The van der Waals surface area contributed by atoms with Gasteiger partial charge in [0.15, 0.2) is 0 Å². The third-order valence-corrected chi connectivity index (χ3v) is 6.17. The van der Waals surface area contributed by atoms with Crippen molar-refractivity contribution in [3.8, 4) is 11.5 Å². The molecular formula is C29H25N3O5. The highest BCUT2D eigenvalue weighted by molar-refractivity contribution is 6.39. The lowest BCUT2D eigenvalue weighted by atomic mass is 10.1. The second-order valence-electron chi connectivity index (χ2n) is 8.61. The van der Waals surface area contributed by atoms with Crippen LogP contribution in [-0.4, -0.2) is 36.1 Å². The quantitative estimate of drug-likeness (QED) is 0.296. The minimum absolute atomic E-state index is 0.113. The van der Waals surface area contributed by atoms with E-state index < -0.39 is 17.8 Å². The highest BCUT2D eigenvalue weighted by atomic mass is 16.5. The number of anilines is 1. The van der Waals surface area contributed by atoms with Gasteiger partial charge in [0, 0.05) is 22.7 Å². The molecule has 1 aliphatic rings. The van der Waals surface area contributed by atoms with Crippen LogP contribution in [0.3, 0.4) is 0 Å². The molecule has 3 aromatic carbocycles. The third-order valence-electron chi connectivity index (χ3n) is 6.17. The number of hydrogen-bond acceptors (Lipinski definition) is 5. The van der Waals surface area contributed by atoms with Crippen LogP contribution in [-0.2, 0) is 16.1 Å². The number of methoxy groups -OCH3 is 1. The molecule has 0 unspecified atom stereocenters. The van der Waals surface area contributed by atoms with Crippen molar-refractivity contribution >= 4 is 40.5 Å². The Hall–Kier alpha value is -4.85. The largest absolute Gasteiger partial charge is 0.497 e. The Kier molecular flexibility index (Phi) is 6.47. The summed E-state index contributed by atoms with van der Waals surface area (Å²) in [7, 11) is 1.61. The highest BCUT2D eigenvalue weighted by Crippen LogP contribution is 2.27. The first kappa shape index (κ1) is 23.9. The van der Waals surface area contributed by atoms with Crippen molar-refractivity contribution in [3.05, 3.63) is 95.7 Å². The maximum absolute atomic E-state index is 13.3. The Bertz CT molecular complexity index is 1520. The molecule has 1 aliphatic heterocycles. The molecule has 0 bridgehead atoms. The normalized spacial score (nSPS) is 14.8. The number of benzene rings is 3. The van der Waals surface area contributed by atoms with Crippen LogP contribution in [0.4, 0.5) is 10.5 Å². The van der Waals surface area contributed by atoms with Crippen molar-refractivity contribution in [3.63, 3.8) is 0 Å². The van der Waals surface area contributed by atoms with E-state index in [9.17, 15) is 14.4 Å². The summed E-state index contributed by atoms with van der Waals surface area (Å²) in [5.41, 5.74) is 2.89. The number of carbonyl (C=O) groups excluding carboxylic acids is 3. The number of nitrogens with zero attached hydrogens (tertiary/aromatic N) is 2. The van der Waals surface area contributed by atoms with Crippen molar-refractivity contribution in [1.29, 1.82) is 0 Å². The van der Waals surface area contributed by atoms with Crippen LogP contribution in [0.15, 0.2) is 84.6 Å². The van der Waals surface area contributed by atoms with E-state index in [1.807, 2.05) is 66.2 Å². The van der Waals surface area contributed by atoms with Gasteiger partial charge in [0.2, 0.25) is 0 Å². The molecule has 0 spiro atoms. The second kappa shape index (κ2) is 10.0. The van der Waals surface area contributed by atoms with E-state index >= 15 is 0 Å². The summed E-state index contributed by atoms with van der Waals surface area (Å²) in [6, 6.07) is 21.3. The summed E-state index contributed by atoms with van der Waals surface area (Å²) < 4.78 is 13.1. The first-order valence-electron chi connectivity index (χ1n) is 11.8. The summed E-state index contributed by atoms with van der Waals surface area (Å²) in [4.78, 5) is 39.5. The van der Waals surface area contributed by atoms with Gasteiger partial charge >= 0.3 is 6.03 Å². The van der Waals surface area contributed by atoms with E-state index in [2.05, 4.69) is 5.32 Å². The molecule has 186 valence electrons. The van der Waals surface area contributed by atoms with Crippen LogP contribution in [0.2, 0.25) is 0 Å². The minimum atomic E-state index is -0.769. The van der Waals surface area contributed by atoms with Crippen LogP contribution >= 0.6 is 0 Å². The number of carbonyl (C=O) groups is 3. The average Bonchev–Trinajstić information content (AvgIpc) is 3.25. The van der Waals surface area contributed by atoms with Crippen LogP contribution < -0.4 is 19.7 Å². The fraction of sp³-hybridized carbons (Fsp3) is 0.138. The maximum atomic E-state index is 13.3. The zero-order valence-corrected chi connectivity index (χ0v) is 20.4. The fourth-order valence-electron chi connectivity index (χ4n) is 4.25. The summed E-state index contributed by atoms with van der Waals surface area (Å²) in [5.74, 6) is 0.0885. The monoisotopic (exact) mass is 495 g/mol. The predicted octanol–water partition coefficient (Wildman–Crippen LogP) is 4.70. The summed E-state index contributed by atoms with van der Waals surface area (Å²) in [6.07, 6.45) is 3.41. The number of fused-ring (bicyclic) bond motifs is 1. The first-order valence-corrected chi connectivity index (χ1v) is 11.8. The predicted molar refractivity (Wildman–Crippen MR) is 141 cm³/mol. The van der Waals surface area contributed by atoms with E-state index in [0.29, 0.717) is 24.4 Å². The van der Waals surface area contributed by atoms with Crippen molar-refractivity contribution in [2.45, 2.75) is 13.5 Å². The van der Waals surface area contributed by atoms with Gasteiger partial charge < -0.3 is 14.0 Å². The van der Waals surface area contributed by atoms with E-state index in [1.54, 1.807) is 31.4 Å². The third kappa shape index (κ3) is 4.81. The number of barbiturate groups is 1. The molecule has 8 nitrogen and oxygen atoms in total. The van der Waals surface area contributed by atoms with E-state index in [1.165, 1.54) is 6.08 Å². The Labute approximate surface area is 213 Å². The van der Waals surface area contributed by atoms with Gasteiger partial charge in [0.05, 0.1) is 19.3 Å². The zero-order chi connectivity index (χ0) is 25.9. The highest BCUT2D eigenvalue weighted by Gasteiger charge is 2.37. The summed E-state index contributed by atoms with van der Waals surface area (Å²) in [6.45, 7) is 2.87. The summed E-state index contributed by atoms with van der Waals surface area (Å²) >= 11 is 0. The number of nitrogens with one attached hydrogen (secondary N) is 1. The van der Waals surface area contributed by atoms with Crippen molar-refractivity contribution in [1.82, 2.24) is 9.88 Å².